The molecule has 3 N–H and O–H groups in total. The molecule has 0 amide bonds. The first kappa shape index (κ1) is 91.1. The average Bonchev–Trinajstić information content (AvgIpc) is 2.54. The van der Waals surface area contributed by atoms with Gasteiger partial charge in [-0.3, -0.25) is 37.3 Å². The zero-order chi connectivity index (χ0) is 68.6. The van der Waals surface area contributed by atoms with Crippen LogP contribution in [0.1, 0.15) is 382 Å². The molecule has 0 aliphatic heterocycles. The molecule has 93 heavy (non-hydrogen) atoms. The first-order valence-corrected chi connectivity index (χ1v) is 41.5. The van der Waals surface area contributed by atoms with Crippen LogP contribution in [0.25, 0.3) is 0 Å². The average molecular weight is 1370 g/mol. The summed E-state index contributed by atoms with van der Waals surface area (Å²) in [4.78, 5) is 72.5. The van der Waals surface area contributed by atoms with E-state index >= 15 is 0 Å². The summed E-state index contributed by atoms with van der Waals surface area (Å²) in [7, 11) is -9.90. The molecular weight excluding hydrogens is 1220 g/mol. The van der Waals surface area contributed by atoms with Gasteiger partial charge in [0, 0.05) is 25.7 Å². The van der Waals surface area contributed by atoms with Crippen LogP contribution in [0.2, 0.25) is 0 Å². The molecule has 0 aliphatic rings. The maximum Gasteiger partial charge on any atom is 0.472 e. The first-order valence-electron chi connectivity index (χ1n) is 38.5. The highest BCUT2D eigenvalue weighted by atomic mass is 31.2. The number of aliphatic hydroxyl groups is 1. The lowest BCUT2D eigenvalue weighted by atomic mass is 10.00. The lowest BCUT2D eigenvalue weighted by Crippen LogP contribution is -2.30. The maximum absolute atomic E-state index is 13.1. The van der Waals surface area contributed by atoms with E-state index in [2.05, 4.69) is 41.5 Å². The molecule has 0 aliphatic carbocycles. The van der Waals surface area contributed by atoms with E-state index in [9.17, 15) is 43.2 Å². The number of ether oxygens (including phenoxy) is 4. The molecule has 19 heteroatoms. The molecule has 3 unspecified atom stereocenters. The fourth-order valence-corrected chi connectivity index (χ4v) is 12.8. The van der Waals surface area contributed by atoms with Crippen LogP contribution in [0, 0.1) is 11.8 Å². The zero-order valence-electron chi connectivity index (χ0n) is 60.6. The monoisotopic (exact) mass is 1370 g/mol. The van der Waals surface area contributed by atoms with Crippen molar-refractivity contribution in [2.24, 2.45) is 11.8 Å². The minimum Gasteiger partial charge on any atom is -0.462 e. The number of carbonyl (C=O) groups is 4. The van der Waals surface area contributed by atoms with Crippen molar-refractivity contribution in [2.45, 2.75) is 400 Å². The minimum absolute atomic E-state index is 0.103. The maximum atomic E-state index is 13.1. The summed E-state index contributed by atoms with van der Waals surface area (Å²) >= 11 is 0. The van der Waals surface area contributed by atoms with Crippen molar-refractivity contribution in [3.63, 3.8) is 0 Å². The lowest BCUT2D eigenvalue weighted by molar-refractivity contribution is -0.161. The molecule has 17 nitrogen and oxygen atoms in total. The van der Waals surface area contributed by atoms with E-state index in [1.165, 1.54) is 186 Å². The van der Waals surface area contributed by atoms with Crippen molar-refractivity contribution >= 4 is 39.5 Å². The van der Waals surface area contributed by atoms with Crippen molar-refractivity contribution < 1.29 is 80.2 Å². The molecule has 0 saturated carbocycles. The molecule has 0 aromatic carbocycles. The highest BCUT2D eigenvalue weighted by molar-refractivity contribution is 7.47. The van der Waals surface area contributed by atoms with E-state index in [1.807, 2.05) is 0 Å². The molecule has 0 spiro atoms. The van der Waals surface area contributed by atoms with Gasteiger partial charge in [0.25, 0.3) is 0 Å². The van der Waals surface area contributed by atoms with Gasteiger partial charge in [0.15, 0.2) is 12.2 Å². The van der Waals surface area contributed by atoms with Gasteiger partial charge in [0.2, 0.25) is 0 Å². The Morgan fingerprint density at radius 3 is 0.817 bits per heavy atom. The van der Waals surface area contributed by atoms with E-state index < -0.39 is 97.5 Å². The highest BCUT2D eigenvalue weighted by Gasteiger charge is 2.30. The van der Waals surface area contributed by atoms with Crippen LogP contribution in [0.15, 0.2) is 0 Å². The molecule has 0 aromatic heterocycles. The number of carbonyl (C=O) groups excluding carboxylic acids is 4. The summed E-state index contributed by atoms with van der Waals surface area (Å²) < 4.78 is 68.3. The fourth-order valence-electron chi connectivity index (χ4n) is 11.3. The van der Waals surface area contributed by atoms with Crippen LogP contribution < -0.4 is 0 Å². The minimum atomic E-state index is -4.95. The highest BCUT2D eigenvalue weighted by Crippen LogP contribution is 2.45. The largest absolute Gasteiger partial charge is 0.472 e. The van der Waals surface area contributed by atoms with E-state index in [-0.39, 0.29) is 25.7 Å². The topological polar surface area (TPSA) is 237 Å². The molecule has 0 saturated heterocycles. The van der Waals surface area contributed by atoms with Gasteiger partial charge in [0.05, 0.1) is 26.4 Å². The first-order chi connectivity index (χ1) is 44.9. The second-order valence-electron chi connectivity index (χ2n) is 27.4. The number of phosphoric ester groups is 2. The van der Waals surface area contributed by atoms with Crippen LogP contribution in [0.3, 0.4) is 0 Å². The number of phosphoric acid groups is 2. The Hall–Kier alpha value is -1.94. The summed E-state index contributed by atoms with van der Waals surface area (Å²) in [6.07, 6.45) is 53.0. The number of aliphatic hydroxyl groups excluding tert-OH is 1. The van der Waals surface area contributed by atoms with Crippen LogP contribution >= 0.6 is 15.6 Å². The smallest absolute Gasteiger partial charge is 0.462 e. The predicted octanol–water partition coefficient (Wildman–Crippen LogP) is 21.6. The Morgan fingerprint density at radius 2 is 0.548 bits per heavy atom. The molecule has 0 aromatic rings. The third kappa shape index (κ3) is 67.0. The molecular formula is C74H144O17P2. The van der Waals surface area contributed by atoms with Crippen molar-refractivity contribution in [1.82, 2.24) is 0 Å². The van der Waals surface area contributed by atoms with E-state index in [4.69, 9.17) is 37.0 Å². The van der Waals surface area contributed by atoms with Gasteiger partial charge in [-0.05, 0) is 37.5 Å². The van der Waals surface area contributed by atoms with Crippen LogP contribution in [0.5, 0.6) is 0 Å². The van der Waals surface area contributed by atoms with Crippen molar-refractivity contribution in [3.05, 3.63) is 0 Å². The molecule has 0 radical (unpaired) electrons. The Morgan fingerprint density at radius 1 is 0.312 bits per heavy atom. The van der Waals surface area contributed by atoms with Gasteiger partial charge in [-0.25, -0.2) is 9.13 Å². The molecule has 0 heterocycles. The van der Waals surface area contributed by atoms with E-state index in [0.717, 1.165) is 115 Å². The fraction of sp³-hybridized carbons (Fsp3) is 0.946. The molecule has 0 rings (SSSR count). The molecule has 552 valence electrons. The van der Waals surface area contributed by atoms with Crippen LogP contribution in [0.4, 0.5) is 0 Å². The second-order valence-corrected chi connectivity index (χ2v) is 30.3. The Bertz CT molecular complexity index is 1810. The zero-order valence-corrected chi connectivity index (χ0v) is 62.3. The summed E-state index contributed by atoms with van der Waals surface area (Å²) in [6.45, 7) is 9.52. The standard InChI is InChI=1S/C74H144O17P2/c1-7-10-12-14-16-17-18-19-24-28-31-34-38-45-51-57-72(77)85-63-69(90-73(78)58-52-46-39-35-32-29-26-23-21-20-22-25-27-30-33-37-42-48-54-66(4)5)64-88-92(80,81)86-60-68(75)61-87-93(82,83)89-65-70(62-84-71(76)56-50-44-36-15-13-11-8-2)91-74(79)59-53-47-41-40-43-49-55-67(6)9-3/h66-70,75H,7-65H2,1-6H3,(H,80,81)(H,82,83)/t67?,68-,69-,70-/m1/s1. The van der Waals surface area contributed by atoms with E-state index in [0.29, 0.717) is 25.7 Å². The second kappa shape index (κ2) is 66.0. The SMILES string of the molecule is CCCCCCCCCCCCCCCCCC(=O)OC[C@H](COP(=O)(O)OC[C@@H](O)COP(=O)(O)OC[C@@H](COC(=O)CCCCCCCCC)OC(=O)CCCCCCCCC(C)CC)OC(=O)CCCCCCCCCCCCCCCCCCCCC(C)C. The third-order valence-corrected chi connectivity index (χ3v) is 19.5. The van der Waals surface area contributed by atoms with Gasteiger partial charge < -0.3 is 33.8 Å². The van der Waals surface area contributed by atoms with Crippen molar-refractivity contribution in [3.8, 4) is 0 Å². The van der Waals surface area contributed by atoms with Gasteiger partial charge in [-0.15, -0.1) is 0 Å². The van der Waals surface area contributed by atoms with Gasteiger partial charge in [-0.2, -0.15) is 0 Å². The number of unbranched alkanes of at least 4 members (excludes halogenated alkanes) is 42. The molecule has 6 atom stereocenters. The summed E-state index contributed by atoms with van der Waals surface area (Å²) in [5.74, 6) is -0.585. The number of hydrogen-bond acceptors (Lipinski definition) is 15. The Balaban J connectivity index is 5.16. The summed E-state index contributed by atoms with van der Waals surface area (Å²) in [6, 6.07) is 0. The number of esters is 4. The predicted molar refractivity (Wildman–Crippen MR) is 377 cm³/mol. The number of rotatable bonds is 73. The third-order valence-electron chi connectivity index (χ3n) is 17.6. The lowest BCUT2D eigenvalue weighted by Gasteiger charge is -2.21. The Kier molecular flexibility index (Phi) is 64.6. The van der Waals surface area contributed by atoms with Gasteiger partial charge >= 0.3 is 39.5 Å². The summed E-state index contributed by atoms with van der Waals surface area (Å²) in [5.41, 5.74) is 0. The Labute approximate surface area is 568 Å². The van der Waals surface area contributed by atoms with Crippen molar-refractivity contribution in [1.29, 1.82) is 0 Å². The quantitative estimate of drug-likeness (QED) is 0.0222. The molecule has 0 bridgehead atoms. The van der Waals surface area contributed by atoms with Crippen LogP contribution in [-0.2, 0) is 65.4 Å². The van der Waals surface area contributed by atoms with Crippen molar-refractivity contribution in [2.75, 3.05) is 39.6 Å². The number of hydrogen-bond donors (Lipinski definition) is 3. The van der Waals surface area contributed by atoms with Gasteiger partial charge in [-0.1, -0.05) is 330 Å². The normalized spacial score (nSPS) is 14.3. The molecule has 0 fully saturated rings. The van der Waals surface area contributed by atoms with Crippen LogP contribution in [-0.4, -0.2) is 96.7 Å². The van der Waals surface area contributed by atoms with Gasteiger partial charge in [0.1, 0.15) is 19.3 Å². The van der Waals surface area contributed by atoms with E-state index in [1.54, 1.807) is 0 Å². The summed E-state index contributed by atoms with van der Waals surface area (Å²) in [5, 5.41) is 10.6.